The third-order valence-electron chi connectivity index (χ3n) is 3.43. The second kappa shape index (κ2) is 8.09. The first-order chi connectivity index (χ1) is 7.97. The van der Waals surface area contributed by atoms with Crippen LogP contribution in [0.2, 0.25) is 0 Å². The van der Waals surface area contributed by atoms with Crippen molar-refractivity contribution >= 4 is 11.9 Å². The zero-order chi connectivity index (χ0) is 13.4. The molecule has 100 valence electrons. The number of carboxylic acid groups (broad SMARTS) is 1. The molecule has 0 saturated heterocycles. The van der Waals surface area contributed by atoms with Crippen molar-refractivity contribution in [2.24, 2.45) is 11.8 Å². The van der Waals surface area contributed by atoms with Gasteiger partial charge in [0, 0.05) is 19.0 Å². The van der Waals surface area contributed by atoms with Crippen LogP contribution in [0.25, 0.3) is 0 Å². The summed E-state index contributed by atoms with van der Waals surface area (Å²) in [6.45, 7) is 8.91. The lowest BCUT2D eigenvalue weighted by Gasteiger charge is -2.28. The van der Waals surface area contributed by atoms with E-state index in [1.54, 1.807) is 4.90 Å². The van der Waals surface area contributed by atoms with E-state index >= 15 is 0 Å². The molecule has 0 aromatic heterocycles. The van der Waals surface area contributed by atoms with Crippen LogP contribution in [0.5, 0.6) is 0 Å². The zero-order valence-electron chi connectivity index (χ0n) is 11.4. The van der Waals surface area contributed by atoms with Crippen LogP contribution >= 0.6 is 0 Å². The van der Waals surface area contributed by atoms with Crippen LogP contribution < -0.4 is 0 Å². The number of aliphatic carboxylic acids is 1. The number of carboxylic acids is 1. The quantitative estimate of drug-likeness (QED) is 0.712. The molecule has 0 spiro atoms. The highest BCUT2D eigenvalue weighted by atomic mass is 16.4. The van der Waals surface area contributed by atoms with E-state index in [2.05, 4.69) is 13.8 Å². The molecule has 0 radical (unpaired) electrons. The van der Waals surface area contributed by atoms with Crippen molar-refractivity contribution < 1.29 is 14.7 Å². The minimum atomic E-state index is -0.855. The van der Waals surface area contributed by atoms with Crippen molar-refractivity contribution in [1.29, 1.82) is 0 Å². The van der Waals surface area contributed by atoms with Gasteiger partial charge in [0.05, 0.1) is 6.42 Å². The molecule has 1 unspecified atom stereocenters. The molecule has 0 bridgehead atoms. The summed E-state index contributed by atoms with van der Waals surface area (Å²) in [5.74, 6) is -0.394. The third kappa shape index (κ3) is 5.20. The topological polar surface area (TPSA) is 57.6 Å². The standard InChI is InChI=1S/C13H25NO3/c1-5-11(6-2)10(4)13(17)14(7-3)9-8-12(15)16/h10-11H,5-9H2,1-4H3,(H,15,16). The lowest BCUT2D eigenvalue weighted by molar-refractivity contribution is -0.140. The Balaban J connectivity index is 4.45. The van der Waals surface area contributed by atoms with Crippen molar-refractivity contribution in [2.75, 3.05) is 13.1 Å². The molecule has 0 fully saturated rings. The number of carbonyl (C=O) groups is 2. The van der Waals surface area contributed by atoms with Crippen molar-refractivity contribution in [3.63, 3.8) is 0 Å². The van der Waals surface area contributed by atoms with Crippen LogP contribution in [-0.4, -0.2) is 35.0 Å². The van der Waals surface area contributed by atoms with Crippen LogP contribution in [0, 0.1) is 11.8 Å². The van der Waals surface area contributed by atoms with E-state index in [-0.39, 0.29) is 18.2 Å². The van der Waals surface area contributed by atoms with E-state index in [9.17, 15) is 9.59 Å². The molecule has 0 aliphatic rings. The number of carbonyl (C=O) groups excluding carboxylic acids is 1. The average Bonchev–Trinajstić information content (AvgIpc) is 2.30. The normalized spacial score (nSPS) is 12.5. The molecule has 4 nitrogen and oxygen atoms in total. The molecule has 0 heterocycles. The first kappa shape index (κ1) is 15.9. The van der Waals surface area contributed by atoms with Gasteiger partial charge in [-0.25, -0.2) is 0 Å². The summed E-state index contributed by atoms with van der Waals surface area (Å²) in [7, 11) is 0. The fraction of sp³-hybridized carbons (Fsp3) is 0.846. The summed E-state index contributed by atoms with van der Waals surface area (Å²) >= 11 is 0. The molecule has 1 atom stereocenters. The molecule has 1 amide bonds. The van der Waals surface area contributed by atoms with Gasteiger partial charge in [0.15, 0.2) is 0 Å². The van der Waals surface area contributed by atoms with Gasteiger partial charge in [-0.2, -0.15) is 0 Å². The highest BCUT2D eigenvalue weighted by Gasteiger charge is 2.25. The number of rotatable bonds is 8. The molecule has 0 aliphatic carbocycles. The average molecular weight is 243 g/mol. The summed E-state index contributed by atoms with van der Waals surface area (Å²) in [6, 6.07) is 0. The Kier molecular flexibility index (Phi) is 7.59. The maximum atomic E-state index is 12.2. The van der Waals surface area contributed by atoms with Gasteiger partial charge >= 0.3 is 5.97 Å². The monoisotopic (exact) mass is 243 g/mol. The van der Waals surface area contributed by atoms with Crippen LogP contribution in [0.15, 0.2) is 0 Å². The molecule has 0 aliphatic heterocycles. The summed E-state index contributed by atoms with van der Waals surface area (Å²) in [5.41, 5.74) is 0. The Morgan fingerprint density at radius 3 is 2.06 bits per heavy atom. The second-order valence-electron chi connectivity index (χ2n) is 4.43. The lowest BCUT2D eigenvalue weighted by Crippen LogP contribution is -2.39. The predicted molar refractivity (Wildman–Crippen MR) is 67.7 cm³/mol. The van der Waals surface area contributed by atoms with Crippen LogP contribution in [0.3, 0.4) is 0 Å². The molecule has 0 rings (SSSR count). The summed E-state index contributed by atoms with van der Waals surface area (Å²) in [5, 5.41) is 8.64. The van der Waals surface area contributed by atoms with E-state index in [1.807, 2.05) is 13.8 Å². The minimum Gasteiger partial charge on any atom is -0.481 e. The van der Waals surface area contributed by atoms with E-state index < -0.39 is 5.97 Å². The SMILES string of the molecule is CCC(CC)C(C)C(=O)N(CC)CCC(=O)O. The zero-order valence-corrected chi connectivity index (χ0v) is 11.4. The van der Waals surface area contributed by atoms with Gasteiger partial charge in [0.2, 0.25) is 5.91 Å². The van der Waals surface area contributed by atoms with E-state index in [0.29, 0.717) is 19.0 Å². The van der Waals surface area contributed by atoms with Crippen molar-refractivity contribution in [2.45, 2.75) is 47.0 Å². The summed E-state index contributed by atoms with van der Waals surface area (Å²) < 4.78 is 0. The number of hydrogen-bond acceptors (Lipinski definition) is 2. The molecule has 0 saturated carbocycles. The Bertz CT molecular complexity index is 249. The Morgan fingerprint density at radius 2 is 1.71 bits per heavy atom. The molecule has 0 aromatic rings. The molecule has 4 heteroatoms. The Morgan fingerprint density at radius 1 is 1.18 bits per heavy atom. The van der Waals surface area contributed by atoms with Gasteiger partial charge in [0.25, 0.3) is 0 Å². The fourth-order valence-corrected chi connectivity index (χ4v) is 2.14. The van der Waals surface area contributed by atoms with Gasteiger partial charge in [-0.1, -0.05) is 33.6 Å². The molecular weight excluding hydrogens is 218 g/mol. The Labute approximate surface area is 104 Å². The highest BCUT2D eigenvalue weighted by molar-refractivity contribution is 5.79. The highest BCUT2D eigenvalue weighted by Crippen LogP contribution is 2.21. The molecule has 0 aromatic carbocycles. The fourth-order valence-electron chi connectivity index (χ4n) is 2.14. The van der Waals surface area contributed by atoms with Crippen LogP contribution in [0.4, 0.5) is 0 Å². The van der Waals surface area contributed by atoms with Gasteiger partial charge in [-0.05, 0) is 12.8 Å². The minimum absolute atomic E-state index is 0.0151. The summed E-state index contributed by atoms with van der Waals surface area (Å²) in [6.07, 6.45) is 2.00. The predicted octanol–water partition coefficient (Wildman–Crippen LogP) is 2.38. The van der Waals surface area contributed by atoms with E-state index in [4.69, 9.17) is 5.11 Å². The van der Waals surface area contributed by atoms with Gasteiger partial charge in [-0.15, -0.1) is 0 Å². The number of amides is 1. The van der Waals surface area contributed by atoms with Crippen molar-refractivity contribution in [3.05, 3.63) is 0 Å². The van der Waals surface area contributed by atoms with E-state index in [1.165, 1.54) is 0 Å². The van der Waals surface area contributed by atoms with E-state index in [0.717, 1.165) is 12.8 Å². The van der Waals surface area contributed by atoms with Gasteiger partial charge in [-0.3, -0.25) is 9.59 Å². The lowest BCUT2D eigenvalue weighted by atomic mass is 9.88. The Hall–Kier alpha value is -1.06. The maximum Gasteiger partial charge on any atom is 0.305 e. The first-order valence-electron chi connectivity index (χ1n) is 6.48. The van der Waals surface area contributed by atoms with Crippen LogP contribution in [0.1, 0.15) is 47.0 Å². The number of hydrogen-bond donors (Lipinski definition) is 1. The van der Waals surface area contributed by atoms with Gasteiger partial charge < -0.3 is 10.0 Å². The maximum absolute atomic E-state index is 12.2. The first-order valence-corrected chi connectivity index (χ1v) is 6.48. The van der Waals surface area contributed by atoms with Crippen molar-refractivity contribution in [3.8, 4) is 0 Å². The van der Waals surface area contributed by atoms with Crippen LogP contribution in [-0.2, 0) is 9.59 Å². The summed E-state index contributed by atoms with van der Waals surface area (Å²) in [4.78, 5) is 24.3. The van der Waals surface area contributed by atoms with Gasteiger partial charge in [0.1, 0.15) is 0 Å². The molecule has 17 heavy (non-hydrogen) atoms. The smallest absolute Gasteiger partial charge is 0.305 e. The second-order valence-corrected chi connectivity index (χ2v) is 4.43. The number of nitrogens with zero attached hydrogens (tertiary/aromatic N) is 1. The molecule has 1 N–H and O–H groups in total. The molecular formula is C13H25NO3. The third-order valence-corrected chi connectivity index (χ3v) is 3.43. The van der Waals surface area contributed by atoms with Crippen molar-refractivity contribution in [1.82, 2.24) is 4.90 Å². The largest absolute Gasteiger partial charge is 0.481 e.